The smallest absolute Gasteiger partial charge is 0.252 e. The first-order valence-corrected chi connectivity index (χ1v) is 10.1. The van der Waals surface area contributed by atoms with Gasteiger partial charge in [0.25, 0.3) is 5.90 Å². The number of nitrogens with zero attached hydrogens (tertiary/aromatic N) is 4. The molecule has 1 saturated carbocycles. The maximum absolute atomic E-state index is 14.4. The van der Waals surface area contributed by atoms with Crippen LogP contribution in [0.4, 0.5) is 8.78 Å². The van der Waals surface area contributed by atoms with Crippen molar-refractivity contribution in [3.05, 3.63) is 70.9 Å². The molecule has 158 valence electrons. The predicted molar refractivity (Wildman–Crippen MR) is 110 cm³/mol. The molecule has 0 amide bonds. The van der Waals surface area contributed by atoms with Gasteiger partial charge in [0, 0.05) is 6.20 Å². The molecule has 5 rings (SSSR count). The standard InChI is InChI=1S/C23H21F2N5O/c1-22(2)13-7-9-23(22,17-8-10-27-21(28-17)20(26)31-3)19-12(13)11-16(29-30-19)18-14(24)5-4-6-15(18)25/h4-6,8,10-11,13,26H,7,9H2,1-3H3/t13-,23+/m0/s1. The Labute approximate surface area is 178 Å². The van der Waals surface area contributed by atoms with Crippen molar-refractivity contribution in [3.63, 3.8) is 0 Å². The Hall–Kier alpha value is -3.29. The van der Waals surface area contributed by atoms with Gasteiger partial charge in [-0.2, -0.15) is 5.10 Å². The van der Waals surface area contributed by atoms with E-state index in [0.29, 0.717) is 0 Å². The molecule has 0 unspecified atom stereocenters. The summed E-state index contributed by atoms with van der Waals surface area (Å²) in [6, 6.07) is 7.39. The summed E-state index contributed by atoms with van der Waals surface area (Å²) in [5, 5.41) is 16.7. The Kier molecular flexibility index (Phi) is 4.19. The lowest BCUT2D eigenvalue weighted by Crippen LogP contribution is -2.38. The van der Waals surface area contributed by atoms with Crippen molar-refractivity contribution < 1.29 is 13.5 Å². The van der Waals surface area contributed by atoms with E-state index in [1.54, 1.807) is 12.3 Å². The minimum Gasteiger partial charge on any atom is -0.479 e. The Balaban J connectivity index is 1.70. The average molecular weight is 421 g/mol. The van der Waals surface area contributed by atoms with E-state index in [0.717, 1.165) is 29.8 Å². The highest BCUT2D eigenvalue weighted by molar-refractivity contribution is 5.87. The molecule has 0 aliphatic heterocycles. The molecule has 3 aromatic rings. The van der Waals surface area contributed by atoms with Crippen LogP contribution in [-0.4, -0.2) is 33.2 Å². The molecule has 1 fully saturated rings. The van der Waals surface area contributed by atoms with Crippen LogP contribution in [-0.2, 0) is 10.2 Å². The lowest BCUT2D eigenvalue weighted by molar-refractivity contribution is 0.242. The van der Waals surface area contributed by atoms with Gasteiger partial charge in [0.15, 0.2) is 0 Å². The summed E-state index contributed by atoms with van der Waals surface area (Å²) in [5.74, 6) is -1.08. The first-order chi connectivity index (χ1) is 14.8. The first kappa shape index (κ1) is 19.7. The minimum absolute atomic E-state index is 0.111. The molecule has 2 heterocycles. The van der Waals surface area contributed by atoms with Gasteiger partial charge in [0.05, 0.1) is 35.2 Å². The fourth-order valence-electron chi connectivity index (χ4n) is 5.55. The molecule has 2 aliphatic carbocycles. The Morgan fingerprint density at radius 3 is 2.61 bits per heavy atom. The summed E-state index contributed by atoms with van der Waals surface area (Å²) >= 11 is 0. The second-order valence-corrected chi connectivity index (χ2v) is 8.65. The molecule has 31 heavy (non-hydrogen) atoms. The summed E-state index contributed by atoms with van der Waals surface area (Å²) < 4.78 is 33.7. The third kappa shape index (κ3) is 2.50. The van der Waals surface area contributed by atoms with Gasteiger partial charge in [-0.1, -0.05) is 19.9 Å². The number of halogens is 2. The Bertz CT molecular complexity index is 1210. The van der Waals surface area contributed by atoms with Crippen LogP contribution in [0.3, 0.4) is 0 Å². The maximum Gasteiger partial charge on any atom is 0.252 e. The van der Waals surface area contributed by atoms with Crippen LogP contribution >= 0.6 is 0 Å². The van der Waals surface area contributed by atoms with Crippen LogP contribution in [0.25, 0.3) is 11.3 Å². The van der Waals surface area contributed by atoms with Crippen molar-refractivity contribution in [2.24, 2.45) is 5.41 Å². The maximum atomic E-state index is 14.4. The van der Waals surface area contributed by atoms with Crippen LogP contribution < -0.4 is 0 Å². The number of rotatable bonds is 3. The lowest BCUT2D eigenvalue weighted by Gasteiger charge is -2.37. The summed E-state index contributed by atoms with van der Waals surface area (Å²) in [6.45, 7) is 4.33. The molecule has 1 N–H and O–H groups in total. The van der Waals surface area contributed by atoms with Crippen molar-refractivity contribution in [2.75, 3.05) is 7.11 Å². The van der Waals surface area contributed by atoms with E-state index in [9.17, 15) is 8.78 Å². The van der Waals surface area contributed by atoms with E-state index >= 15 is 0 Å². The van der Waals surface area contributed by atoms with E-state index in [-0.39, 0.29) is 34.3 Å². The monoisotopic (exact) mass is 421 g/mol. The number of hydrogen-bond donors (Lipinski definition) is 1. The third-order valence-corrected chi connectivity index (χ3v) is 7.10. The minimum atomic E-state index is -0.662. The second kappa shape index (κ2) is 6.60. The lowest BCUT2D eigenvalue weighted by atomic mass is 9.66. The molecule has 6 nitrogen and oxygen atoms in total. The second-order valence-electron chi connectivity index (χ2n) is 8.65. The van der Waals surface area contributed by atoms with Gasteiger partial charge in [-0.3, -0.25) is 5.41 Å². The van der Waals surface area contributed by atoms with Crippen LogP contribution in [0.5, 0.6) is 0 Å². The number of aromatic nitrogens is 4. The van der Waals surface area contributed by atoms with Crippen LogP contribution in [0.1, 0.15) is 55.4 Å². The predicted octanol–water partition coefficient (Wildman–Crippen LogP) is 4.39. The number of benzene rings is 1. The highest BCUT2D eigenvalue weighted by atomic mass is 19.1. The van der Waals surface area contributed by atoms with Crippen molar-refractivity contribution in [2.45, 2.75) is 38.0 Å². The molecule has 0 saturated heterocycles. The van der Waals surface area contributed by atoms with Crippen LogP contribution in [0.2, 0.25) is 0 Å². The summed E-state index contributed by atoms with van der Waals surface area (Å²) in [6.07, 6.45) is 3.33. The zero-order valence-corrected chi connectivity index (χ0v) is 17.4. The van der Waals surface area contributed by atoms with Crippen LogP contribution in [0, 0.1) is 22.5 Å². The quantitative estimate of drug-likeness (QED) is 0.501. The number of fused-ring (bicyclic) bond motifs is 5. The van der Waals surface area contributed by atoms with Gasteiger partial charge in [0.1, 0.15) is 11.6 Å². The summed E-state index contributed by atoms with van der Waals surface area (Å²) in [5.41, 5.74) is 1.73. The molecule has 2 atom stereocenters. The Morgan fingerprint density at radius 1 is 1.16 bits per heavy atom. The number of nitrogens with one attached hydrogen (secondary N) is 1. The zero-order valence-electron chi connectivity index (χ0n) is 17.4. The summed E-state index contributed by atoms with van der Waals surface area (Å²) in [4.78, 5) is 8.81. The van der Waals surface area contributed by atoms with E-state index in [1.807, 2.05) is 6.07 Å². The molecule has 2 aliphatic rings. The van der Waals surface area contributed by atoms with E-state index in [2.05, 4.69) is 34.0 Å². The fraction of sp³-hybridized carbons (Fsp3) is 0.348. The normalized spacial score (nSPS) is 22.9. The van der Waals surface area contributed by atoms with Gasteiger partial charge in [-0.25, -0.2) is 18.7 Å². The SMILES string of the molecule is COC(=N)c1nccc([C@]23CC[C@@H](c4cc(-c5c(F)cccc5F)nnc42)C3(C)C)n1. The molecule has 2 bridgehead atoms. The van der Waals surface area contributed by atoms with Gasteiger partial charge in [-0.05, 0) is 54.0 Å². The van der Waals surface area contributed by atoms with Crippen molar-refractivity contribution in [1.29, 1.82) is 5.41 Å². The topological polar surface area (TPSA) is 84.6 Å². The molecular formula is C23H21F2N5O. The van der Waals surface area contributed by atoms with Gasteiger partial charge >= 0.3 is 0 Å². The highest BCUT2D eigenvalue weighted by Gasteiger charge is 2.65. The van der Waals surface area contributed by atoms with E-state index < -0.39 is 17.0 Å². The number of methoxy groups -OCH3 is 1. The molecule has 2 aromatic heterocycles. The highest BCUT2D eigenvalue weighted by Crippen LogP contribution is 2.69. The largest absolute Gasteiger partial charge is 0.479 e. The van der Waals surface area contributed by atoms with Crippen LogP contribution in [0.15, 0.2) is 36.5 Å². The molecule has 1 aromatic carbocycles. The number of ether oxygens (including phenoxy) is 1. The molecule has 8 heteroatoms. The average Bonchev–Trinajstić information content (AvgIpc) is 3.14. The number of hydrogen-bond acceptors (Lipinski definition) is 6. The zero-order chi connectivity index (χ0) is 22.0. The Morgan fingerprint density at radius 2 is 1.90 bits per heavy atom. The van der Waals surface area contributed by atoms with Gasteiger partial charge in [-0.15, -0.1) is 5.10 Å². The van der Waals surface area contributed by atoms with Crippen molar-refractivity contribution in [3.8, 4) is 11.3 Å². The van der Waals surface area contributed by atoms with Gasteiger partial charge in [0.2, 0.25) is 5.82 Å². The first-order valence-electron chi connectivity index (χ1n) is 10.1. The van der Waals surface area contributed by atoms with Gasteiger partial charge < -0.3 is 4.74 Å². The summed E-state index contributed by atoms with van der Waals surface area (Å²) in [7, 11) is 1.41. The van der Waals surface area contributed by atoms with E-state index in [1.165, 1.54) is 25.3 Å². The molecular weight excluding hydrogens is 400 g/mol. The molecule has 0 radical (unpaired) electrons. The van der Waals surface area contributed by atoms with Crippen molar-refractivity contribution >= 4 is 5.90 Å². The fourth-order valence-corrected chi connectivity index (χ4v) is 5.55. The van der Waals surface area contributed by atoms with E-state index in [4.69, 9.17) is 10.1 Å². The van der Waals surface area contributed by atoms with Crippen molar-refractivity contribution in [1.82, 2.24) is 20.2 Å². The molecule has 0 spiro atoms. The third-order valence-electron chi connectivity index (χ3n) is 7.10.